The first-order chi connectivity index (χ1) is 34.8. The molecule has 0 aliphatic carbocycles. The zero-order chi connectivity index (χ0) is 54.8. The molecule has 6 saturated heterocycles. The van der Waals surface area contributed by atoms with E-state index in [4.69, 9.17) is 52.1 Å². The van der Waals surface area contributed by atoms with Gasteiger partial charge < -0.3 is 145 Å². The summed E-state index contributed by atoms with van der Waals surface area (Å²) >= 11 is 0. The first-order valence-corrected chi connectivity index (χ1v) is 23.8. The summed E-state index contributed by atoms with van der Waals surface area (Å²) in [4.78, 5) is 37.0. The van der Waals surface area contributed by atoms with Gasteiger partial charge in [0.25, 0.3) is 0 Å². The van der Waals surface area contributed by atoms with Crippen molar-refractivity contribution in [3.63, 3.8) is 0 Å². The van der Waals surface area contributed by atoms with Crippen LogP contribution in [0.2, 0.25) is 0 Å². The highest BCUT2D eigenvalue weighted by atomic mass is 16.8. The maximum atomic E-state index is 12.4. The second-order valence-electron chi connectivity index (χ2n) is 19.0. The van der Waals surface area contributed by atoms with Crippen molar-refractivity contribution in [2.45, 2.75) is 219 Å². The summed E-state index contributed by atoms with van der Waals surface area (Å²) in [5, 5.41) is 169. The SMILES string of the molecule is CC(=O)N[C@H]1[C@H](OC[C@H]2O[C@@H](O[C@H]3[C@@H](O)[C@@H](CO[C@@H]4O[C@H](CO)[C@@H](O[C@@H]5O[C@@H](C)[C@@H](O)[C@@H](O)[C@@H]5O)[C@H](O)[C@H]4NC(C)=O)OC(O)[C@@H]3NC(C)=O)[C@H](O)[C@@H](O)[C@H]2O)O[C@H](CO)[C@@H](O[C@@H]2O[C@@H](C)[C@@H](O)[C@@H](O)[C@@H]2O)[C@@H]1O. The first-order valence-electron chi connectivity index (χ1n) is 23.8. The fraction of sp³-hybridized carbons (Fsp3) is 0.929. The molecule has 32 nitrogen and oxygen atoms in total. The highest BCUT2D eigenvalue weighted by molar-refractivity contribution is 5.74. The molecule has 74 heavy (non-hydrogen) atoms. The zero-order valence-corrected chi connectivity index (χ0v) is 40.6. The fourth-order valence-corrected chi connectivity index (χ4v) is 9.42. The molecule has 0 aromatic rings. The van der Waals surface area contributed by atoms with Crippen LogP contribution in [-0.2, 0) is 66.5 Å². The number of rotatable bonds is 17. The summed E-state index contributed by atoms with van der Waals surface area (Å²) in [6, 6.07) is -4.76. The van der Waals surface area contributed by atoms with Crippen LogP contribution in [0.1, 0.15) is 34.6 Å². The van der Waals surface area contributed by atoms with Gasteiger partial charge in [0.1, 0.15) is 134 Å². The lowest BCUT2D eigenvalue weighted by Gasteiger charge is -2.48. The van der Waals surface area contributed by atoms with Crippen LogP contribution in [0.3, 0.4) is 0 Å². The highest BCUT2D eigenvalue weighted by Crippen LogP contribution is 2.34. The van der Waals surface area contributed by atoms with Crippen molar-refractivity contribution in [3.05, 3.63) is 0 Å². The summed E-state index contributed by atoms with van der Waals surface area (Å²) in [7, 11) is 0. The molecule has 1 unspecified atom stereocenters. The molecular formula is C42H71N3O29. The molecule has 6 aliphatic rings. The van der Waals surface area contributed by atoms with E-state index in [-0.39, 0.29) is 0 Å². The van der Waals surface area contributed by atoms with Gasteiger partial charge >= 0.3 is 0 Å². The van der Waals surface area contributed by atoms with E-state index in [1.165, 1.54) is 13.8 Å². The summed E-state index contributed by atoms with van der Waals surface area (Å²) in [6.07, 6.45) is -46.4. The smallest absolute Gasteiger partial charge is 0.217 e. The molecule has 6 aliphatic heterocycles. The Morgan fingerprint density at radius 2 is 0.716 bits per heavy atom. The molecule has 6 rings (SSSR count). The van der Waals surface area contributed by atoms with Crippen LogP contribution in [0, 0.1) is 0 Å². The molecule has 0 radical (unpaired) electrons. The van der Waals surface area contributed by atoms with Crippen LogP contribution in [0.25, 0.3) is 0 Å². The lowest BCUT2D eigenvalue weighted by atomic mass is 9.94. The molecule has 6 heterocycles. The molecule has 3 amide bonds. The topological polar surface area (TPSA) is 492 Å². The van der Waals surface area contributed by atoms with E-state index in [1.54, 1.807) is 0 Å². The summed E-state index contributed by atoms with van der Waals surface area (Å²) in [6.45, 7) is 2.57. The number of ether oxygens (including phenoxy) is 11. The maximum Gasteiger partial charge on any atom is 0.217 e. The second kappa shape index (κ2) is 25.9. The molecule has 0 bridgehead atoms. The van der Waals surface area contributed by atoms with Gasteiger partial charge in [0.05, 0.1) is 38.6 Å². The van der Waals surface area contributed by atoms with E-state index >= 15 is 0 Å². The van der Waals surface area contributed by atoms with Gasteiger partial charge in [0, 0.05) is 20.8 Å². The maximum absolute atomic E-state index is 12.4. The Morgan fingerprint density at radius 3 is 1.11 bits per heavy atom. The van der Waals surface area contributed by atoms with E-state index in [0.29, 0.717) is 0 Å². The minimum atomic E-state index is -2.13. The standard InChI is InChI=1S/C42H71N3O29/c1-10-22(51)28(57)31(60)40(66-10)72-34-15(6-46)69-38(19(26(34)55)43-12(3)48)64-8-17-24(53)30(59)33(62)42(71-17)74-36-21(45-14(5)50)37(63)68-18(25(36)54)9-65-39-20(44-13(4)49)27(56)35(16(7-47)70-39)73-41-32(61)29(58)23(52)11(2)67-41/h10-11,15-42,46-47,51-63H,6-9H2,1-5H3,(H,43,48)(H,44,49)(H,45,50)/t10-,11-,15+,16+,17+,18+,19+,20+,21+,22+,23+,24-,25-,26+,27+,28+,29+,30-,31-,32-,33+,34+,35+,36+,37?,38+,39+,40-,41-,42-/m0/s1. The molecule has 0 aromatic carbocycles. The Morgan fingerprint density at radius 1 is 0.378 bits per heavy atom. The van der Waals surface area contributed by atoms with Crippen molar-refractivity contribution >= 4 is 17.7 Å². The Bertz CT molecular complexity index is 1830. The van der Waals surface area contributed by atoms with Gasteiger partial charge in [0.15, 0.2) is 37.7 Å². The van der Waals surface area contributed by atoms with Crippen molar-refractivity contribution < 1.29 is 143 Å². The molecular weight excluding hydrogens is 1010 g/mol. The van der Waals surface area contributed by atoms with Gasteiger partial charge in [0.2, 0.25) is 17.7 Å². The van der Waals surface area contributed by atoms with E-state index < -0.39 is 228 Å². The fourth-order valence-electron chi connectivity index (χ4n) is 9.42. The van der Waals surface area contributed by atoms with Crippen LogP contribution in [0.15, 0.2) is 0 Å². The molecule has 0 saturated carbocycles. The van der Waals surface area contributed by atoms with Gasteiger partial charge in [-0.05, 0) is 13.8 Å². The third-order valence-corrected chi connectivity index (χ3v) is 13.5. The van der Waals surface area contributed by atoms with E-state index in [1.807, 2.05) is 0 Å². The normalized spacial score (nSPS) is 49.1. The van der Waals surface area contributed by atoms with Crippen molar-refractivity contribution in [3.8, 4) is 0 Å². The highest BCUT2D eigenvalue weighted by Gasteiger charge is 2.56. The van der Waals surface area contributed by atoms with E-state index in [9.17, 15) is 91.0 Å². The van der Waals surface area contributed by atoms with E-state index in [0.717, 1.165) is 20.8 Å². The van der Waals surface area contributed by atoms with E-state index in [2.05, 4.69) is 16.0 Å². The second-order valence-corrected chi connectivity index (χ2v) is 19.0. The summed E-state index contributed by atoms with van der Waals surface area (Å²) < 4.78 is 63.1. The predicted molar refractivity (Wildman–Crippen MR) is 231 cm³/mol. The summed E-state index contributed by atoms with van der Waals surface area (Å²) in [5.74, 6) is -2.26. The largest absolute Gasteiger partial charge is 0.394 e. The van der Waals surface area contributed by atoms with Crippen molar-refractivity contribution in [2.75, 3.05) is 26.4 Å². The van der Waals surface area contributed by atoms with Crippen molar-refractivity contribution in [2.24, 2.45) is 0 Å². The number of hydrogen-bond acceptors (Lipinski definition) is 29. The Hall–Kier alpha value is -2.63. The third-order valence-electron chi connectivity index (χ3n) is 13.5. The minimum absolute atomic E-state index is 0.734. The zero-order valence-electron chi connectivity index (χ0n) is 40.6. The molecule has 0 spiro atoms. The van der Waals surface area contributed by atoms with Crippen LogP contribution >= 0.6 is 0 Å². The average Bonchev–Trinajstić information content (AvgIpc) is 3.34. The molecule has 30 atom stereocenters. The molecule has 32 heteroatoms. The van der Waals surface area contributed by atoms with Crippen LogP contribution in [-0.4, -0.2) is 305 Å². The van der Waals surface area contributed by atoms with Gasteiger partial charge in [-0.3, -0.25) is 14.4 Å². The lowest BCUT2D eigenvalue weighted by Crippen LogP contribution is -2.69. The number of carbonyl (C=O) groups excluding carboxylic acids is 3. The van der Waals surface area contributed by atoms with Gasteiger partial charge in [-0.25, -0.2) is 0 Å². The number of hydrogen-bond donors (Lipinski definition) is 18. The quantitative estimate of drug-likeness (QED) is 0.0643. The van der Waals surface area contributed by atoms with Gasteiger partial charge in [-0.2, -0.15) is 0 Å². The predicted octanol–water partition coefficient (Wildman–Crippen LogP) is -11.6. The van der Waals surface area contributed by atoms with Crippen molar-refractivity contribution in [1.29, 1.82) is 0 Å². The van der Waals surface area contributed by atoms with Gasteiger partial charge in [-0.1, -0.05) is 0 Å². The number of nitrogens with one attached hydrogen (secondary N) is 3. The molecule has 0 aromatic heterocycles. The number of aliphatic hydroxyl groups is 15. The molecule has 6 fully saturated rings. The Labute approximate surface area is 421 Å². The lowest BCUT2D eigenvalue weighted by molar-refractivity contribution is -0.360. The summed E-state index contributed by atoms with van der Waals surface area (Å²) in [5.41, 5.74) is 0. The van der Waals surface area contributed by atoms with Gasteiger partial charge in [-0.15, -0.1) is 0 Å². The van der Waals surface area contributed by atoms with Crippen molar-refractivity contribution in [1.82, 2.24) is 16.0 Å². The van der Waals surface area contributed by atoms with Crippen LogP contribution < -0.4 is 16.0 Å². The minimum Gasteiger partial charge on any atom is -0.394 e. The number of carbonyl (C=O) groups is 3. The van der Waals surface area contributed by atoms with Crippen LogP contribution in [0.5, 0.6) is 0 Å². The number of amides is 3. The van der Waals surface area contributed by atoms with Crippen LogP contribution in [0.4, 0.5) is 0 Å². The third kappa shape index (κ3) is 13.4. The first kappa shape index (κ1) is 60.6. The molecule has 18 N–H and O–H groups in total. The Balaban J connectivity index is 1.15. The average molecular weight is 1080 g/mol. The molecule has 428 valence electrons. The Kier molecular flexibility index (Phi) is 21.2. The number of aliphatic hydroxyl groups excluding tert-OH is 15. The monoisotopic (exact) mass is 1080 g/mol.